The van der Waals surface area contributed by atoms with Crippen molar-refractivity contribution in [1.82, 2.24) is 0 Å². The van der Waals surface area contributed by atoms with Crippen LogP contribution in [0, 0.1) is 12.8 Å². The van der Waals surface area contributed by atoms with Gasteiger partial charge in [-0.3, -0.25) is 0 Å². The summed E-state index contributed by atoms with van der Waals surface area (Å²) in [6.07, 6.45) is 8.83. The summed E-state index contributed by atoms with van der Waals surface area (Å²) < 4.78 is 4.65. The Bertz CT molecular complexity index is 198. The number of carboxylic acid groups (broad SMARTS) is 1. The van der Waals surface area contributed by atoms with Crippen molar-refractivity contribution in [2.45, 2.75) is 38.7 Å². The van der Waals surface area contributed by atoms with E-state index in [2.05, 4.69) is 17.6 Å². The third kappa shape index (κ3) is 7.17. The Morgan fingerprint density at radius 3 is 2.36 bits per heavy atom. The lowest BCUT2D eigenvalue weighted by molar-refractivity contribution is -0.109. The number of aldehydes is 1. The zero-order chi connectivity index (χ0) is 11.6. The molecule has 0 aliphatic heterocycles. The Morgan fingerprint density at radius 1 is 1.57 bits per heavy atom. The van der Waals surface area contributed by atoms with Crippen LogP contribution in [-0.2, 0) is 9.53 Å². The van der Waals surface area contributed by atoms with Gasteiger partial charge in [0.15, 0.2) is 0 Å². The van der Waals surface area contributed by atoms with Gasteiger partial charge in [0.25, 0.3) is 0 Å². The zero-order valence-electron chi connectivity index (χ0n) is 8.53. The molecule has 0 aromatic heterocycles. The molecule has 0 heterocycles. The van der Waals surface area contributed by atoms with Crippen LogP contribution in [0.4, 0.5) is 4.79 Å². The molecule has 1 unspecified atom stereocenters. The number of ether oxygens (including phenoxy) is 1. The molecule has 0 spiro atoms. The Kier molecular flexibility index (Phi) is 8.69. The van der Waals surface area contributed by atoms with Gasteiger partial charge in [-0.1, -0.05) is 6.92 Å². The molecule has 0 aromatic rings. The van der Waals surface area contributed by atoms with Gasteiger partial charge in [0.05, 0.1) is 0 Å². The van der Waals surface area contributed by atoms with Gasteiger partial charge in [0.2, 0.25) is 0 Å². The molecule has 1 N–H and O–H groups in total. The van der Waals surface area contributed by atoms with Crippen molar-refractivity contribution in [1.29, 1.82) is 0 Å². The maximum absolute atomic E-state index is 10.2. The number of carbonyl (C=O) groups excluding carboxylic acids is 1. The van der Waals surface area contributed by atoms with Crippen LogP contribution < -0.4 is 0 Å². The fourth-order valence-corrected chi connectivity index (χ4v) is 0.875. The van der Waals surface area contributed by atoms with Crippen LogP contribution in [0.1, 0.15) is 33.1 Å². The molecular formula is C10H16O4. The molecular weight excluding hydrogens is 184 g/mol. The van der Waals surface area contributed by atoms with E-state index in [-0.39, 0.29) is 0 Å². The third-order valence-electron chi connectivity index (χ3n) is 1.87. The van der Waals surface area contributed by atoms with Crippen molar-refractivity contribution in [2.24, 2.45) is 0 Å². The lowest BCUT2D eigenvalue weighted by Gasteiger charge is -2.25. The van der Waals surface area contributed by atoms with E-state index in [4.69, 9.17) is 5.11 Å². The summed E-state index contributed by atoms with van der Waals surface area (Å²) in [5, 5.41) is 8.37. The molecule has 4 nitrogen and oxygen atoms in total. The maximum Gasteiger partial charge on any atom is 0.506 e. The second kappa shape index (κ2) is 8.11. The van der Waals surface area contributed by atoms with Crippen LogP contribution in [0.5, 0.6) is 0 Å². The predicted molar refractivity (Wildman–Crippen MR) is 53.0 cm³/mol. The molecule has 0 aliphatic carbocycles. The lowest BCUT2D eigenvalue weighted by atomic mass is 9.97. The van der Waals surface area contributed by atoms with Gasteiger partial charge in [-0.25, -0.2) is 4.79 Å². The van der Waals surface area contributed by atoms with Crippen LogP contribution in [0.25, 0.3) is 0 Å². The monoisotopic (exact) mass is 200 g/mol. The van der Waals surface area contributed by atoms with Gasteiger partial charge in [0.1, 0.15) is 11.9 Å². The summed E-state index contributed by atoms with van der Waals surface area (Å²) >= 11 is 0. The summed E-state index contributed by atoms with van der Waals surface area (Å²) in [5.74, 6) is 0. The van der Waals surface area contributed by atoms with Crippen molar-refractivity contribution in [3.63, 3.8) is 0 Å². The van der Waals surface area contributed by atoms with Crippen LogP contribution in [0.3, 0.4) is 0 Å². The van der Waals surface area contributed by atoms with Gasteiger partial charge in [-0.05, 0) is 19.8 Å². The summed E-state index contributed by atoms with van der Waals surface area (Å²) in [7, 11) is 0. The number of hydrogen-bond acceptors (Lipinski definition) is 3. The first-order valence-corrected chi connectivity index (χ1v) is 4.23. The molecule has 1 atom stereocenters. The highest BCUT2D eigenvalue weighted by atomic mass is 16.7. The number of rotatable bonds is 5. The minimum absolute atomic E-state index is 0.331. The van der Waals surface area contributed by atoms with E-state index in [1.54, 1.807) is 6.92 Å². The van der Waals surface area contributed by atoms with Crippen LogP contribution in [0.15, 0.2) is 0 Å². The van der Waals surface area contributed by atoms with Gasteiger partial charge in [-0.15, -0.1) is 12.8 Å². The molecule has 0 rings (SSSR count). The maximum atomic E-state index is 10.2. The van der Waals surface area contributed by atoms with Gasteiger partial charge in [-0.2, -0.15) is 0 Å². The van der Waals surface area contributed by atoms with Crippen molar-refractivity contribution < 1.29 is 19.4 Å². The normalized spacial score (nSPS) is 12.9. The molecule has 0 amide bonds. The second-order valence-electron chi connectivity index (χ2n) is 2.88. The van der Waals surface area contributed by atoms with Crippen molar-refractivity contribution in [3.05, 3.63) is 0 Å². The van der Waals surface area contributed by atoms with Gasteiger partial charge >= 0.3 is 6.16 Å². The highest BCUT2D eigenvalue weighted by Gasteiger charge is 2.25. The summed E-state index contributed by atoms with van der Waals surface area (Å²) in [6.45, 7) is 3.51. The van der Waals surface area contributed by atoms with Crippen LogP contribution in [-0.4, -0.2) is 23.1 Å². The second-order valence-corrected chi connectivity index (χ2v) is 2.88. The van der Waals surface area contributed by atoms with Crippen molar-refractivity contribution in [3.8, 4) is 12.8 Å². The standard InChI is InChI=1S/C8H14O4.C2H2/c1-3-8(2,5-4-6-9)12-7(10)11;1-2/h6H,3-5H2,1-2H3,(H,10,11);1-2H. The molecule has 80 valence electrons. The highest BCUT2D eigenvalue weighted by Crippen LogP contribution is 2.21. The fraction of sp³-hybridized carbons (Fsp3) is 0.600. The van der Waals surface area contributed by atoms with E-state index in [9.17, 15) is 9.59 Å². The van der Waals surface area contributed by atoms with Crippen LogP contribution in [0.2, 0.25) is 0 Å². The highest BCUT2D eigenvalue weighted by molar-refractivity contribution is 5.57. The minimum atomic E-state index is -1.29. The fourth-order valence-electron chi connectivity index (χ4n) is 0.875. The quantitative estimate of drug-likeness (QED) is 0.419. The van der Waals surface area contributed by atoms with E-state index in [1.807, 2.05) is 6.92 Å². The Labute approximate surface area is 84.3 Å². The van der Waals surface area contributed by atoms with Crippen molar-refractivity contribution in [2.75, 3.05) is 0 Å². The molecule has 0 aromatic carbocycles. The predicted octanol–water partition coefficient (Wildman–Crippen LogP) is 2.08. The lowest BCUT2D eigenvalue weighted by Crippen LogP contribution is -2.30. The first-order valence-electron chi connectivity index (χ1n) is 4.23. The Morgan fingerprint density at radius 2 is 2.07 bits per heavy atom. The zero-order valence-corrected chi connectivity index (χ0v) is 8.53. The molecule has 0 bridgehead atoms. The van der Waals surface area contributed by atoms with E-state index < -0.39 is 11.8 Å². The average molecular weight is 200 g/mol. The minimum Gasteiger partial charge on any atom is -0.450 e. The van der Waals surface area contributed by atoms with Crippen molar-refractivity contribution >= 4 is 12.4 Å². The summed E-state index contributed by atoms with van der Waals surface area (Å²) in [6, 6.07) is 0. The van der Waals surface area contributed by atoms with Crippen LogP contribution >= 0.6 is 0 Å². The van der Waals surface area contributed by atoms with Gasteiger partial charge < -0.3 is 14.6 Å². The molecule has 0 saturated heterocycles. The largest absolute Gasteiger partial charge is 0.506 e. The van der Waals surface area contributed by atoms with E-state index in [0.717, 1.165) is 6.29 Å². The molecule has 0 fully saturated rings. The van der Waals surface area contributed by atoms with E-state index in [1.165, 1.54) is 0 Å². The molecule has 4 heteroatoms. The first-order chi connectivity index (χ1) is 6.54. The Balaban J connectivity index is 0. The molecule has 0 saturated carbocycles. The topological polar surface area (TPSA) is 63.6 Å². The van der Waals surface area contributed by atoms with E-state index in [0.29, 0.717) is 19.3 Å². The van der Waals surface area contributed by atoms with Gasteiger partial charge in [0, 0.05) is 6.42 Å². The number of terminal acetylenes is 1. The first kappa shape index (κ1) is 15.0. The smallest absolute Gasteiger partial charge is 0.450 e. The number of carbonyl (C=O) groups is 2. The molecule has 14 heavy (non-hydrogen) atoms. The SMILES string of the molecule is C#C.CCC(C)(CCC=O)OC(=O)O. The third-order valence-corrected chi connectivity index (χ3v) is 1.87. The summed E-state index contributed by atoms with van der Waals surface area (Å²) in [5.41, 5.74) is -0.716. The Hall–Kier alpha value is -1.50. The number of hydrogen-bond donors (Lipinski definition) is 1. The average Bonchev–Trinajstić information content (AvgIpc) is 2.17. The molecule has 0 radical (unpaired) electrons. The summed E-state index contributed by atoms with van der Waals surface area (Å²) in [4.78, 5) is 20.3. The molecule has 0 aliphatic rings. The van der Waals surface area contributed by atoms with E-state index >= 15 is 0 Å².